The zero-order valence-corrected chi connectivity index (χ0v) is 9.85. The lowest BCUT2D eigenvalue weighted by Crippen LogP contribution is -2.10. The molecule has 1 aromatic carbocycles. The molecule has 7 heteroatoms. The van der Waals surface area contributed by atoms with Gasteiger partial charge in [0.15, 0.2) is 5.84 Å². The highest BCUT2D eigenvalue weighted by atomic mass is 79.9. The van der Waals surface area contributed by atoms with E-state index in [-0.39, 0.29) is 0 Å². The number of nitrogens with zero attached hydrogens (tertiary/aromatic N) is 4. The SMILES string of the molecule is NC1=NN=C(N=NNc2cccc(Br)c2)C1. The summed E-state index contributed by atoms with van der Waals surface area (Å²) >= 11 is 3.36. The minimum atomic E-state index is 0.448. The van der Waals surface area contributed by atoms with Crippen LogP contribution in [-0.2, 0) is 0 Å². The van der Waals surface area contributed by atoms with Gasteiger partial charge in [-0.3, -0.25) is 5.43 Å². The topological polar surface area (TPSA) is 87.5 Å². The van der Waals surface area contributed by atoms with Crippen LogP contribution < -0.4 is 11.2 Å². The van der Waals surface area contributed by atoms with Crippen molar-refractivity contribution in [1.82, 2.24) is 0 Å². The van der Waals surface area contributed by atoms with Crippen LogP contribution in [0.25, 0.3) is 0 Å². The summed E-state index contributed by atoms with van der Waals surface area (Å²) in [6.45, 7) is 0. The molecule has 0 saturated heterocycles. The molecule has 0 atom stereocenters. The van der Waals surface area contributed by atoms with Crippen LogP contribution in [-0.4, -0.2) is 11.7 Å². The quantitative estimate of drug-likeness (QED) is 0.643. The number of benzene rings is 1. The normalized spacial score (nSPS) is 15.1. The van der Waals surface area contributed by atoms with E-state index in [2.05, 4.69) is 41.9 Å². The van der Waals surface area contributed by atoms with E-state index in [4.69, 9.17) is 5.73 Å². The molecule has 0 radical (unpaired) electrons. The fourth-order valence-electron chi connectivity index (χ4n) is 1.11. The van der Waals surface area contributed by atoms with E-state index in [9.17, 15) is 0 Å². The van der Waals surface area contributed by atoms with Gasteiger partial charge in [-0.05, 0) is 18.2 Å². The smallest absolute Gasteiger partial charge is 0.182 e. The van der Waals surface area contributed by atoms with Crippen LogP contribution in [0.1, 0.15) is 6.42 Å². The molecule has 0 unspecified atom stereocenters. The summed E-state index contributed by atoms with van der Waals surface area (Å²) in [5.74, 6) is 0.955. The maximum absolute atomic E-state index is 5.43. The lowest BCUT2D eigenvalue weighted by atomic mass is 10.3. The minimum absolute atomic E-state index is 0.448. The van der Waals surface area contributed by atoms with Gasteiger partial charge in [0.1, 0.15) is 5.84 Å². The van der Waals surface area contributed by atoms with Crippen molar-refractivity contribution >= 4 is 33.3 Å². The van der Waals surface area contributed by atoms with Gasteiger partial charge in [0.2, 0.25) is 0 Å². The van der Waals surface area contributed by atoms with Crippen LogP contribution in [0.15, 0.2) is 49.3 Å². The molecule has 0 spiro atoms. The summed E-state index contributed by atoms with van der Waals surface area (Å²) in [6, 6.07) is 7.60. The number of halogens is 1. The number of hydrogen-bond acceptors (Lipinski definition) is 5. The van der Waals surface area contributed by atoms with Gasteiger partial charge in [-0.1, -0.05) is 27.2 Å². The molecule has 2 rings (SSSR count). The first kappa shape index (κ1) is 10.7. The van der Waals surface area contributed by atoms with Gasteiger partial charge >= 0.3 is 0 Å². The number of rotatable bonds is 2. The van der Waals surface area contributed by atoms with Crippen molar-refractivity contribution in [3.63, 3.8) is 0 Å². The van der Waals surface area contributed by atoms with Gasteiger partial charge in [0.25, 0.3) is 0 Å². The van der Waals surface area contributed by atoms with E-state index < -0.39 is 0 Å². The monoisotopic (exact) mass is 280 g/mol. The average Bonchev–Trinajstić information content (AvgIpc) is 2.64. The Morgan fingerprint density at radius 3 is 2.94 bits per heavy atom. The van der Waals surface area contributed by atoms with Gasteiger partial charge in [-0.15, -0.1) is 15.3 Å². The predicted octanol–water partition coefficient (Wildman–Crippen LogP) is 2.30. The molecule has 1 heterocycles. The van der Waals surface area contributed by atoms with Crippen molar-refractivity contribution in [2.24, 2.45) is 26.3 Å². The van der Waals surface area contributed by atoms with E-state index in [1.165, 1.54) is 0 Å². The molecule has 0 saturated carbocycles. The molecular formula is C9H9BrN6. The van der Waals surface area contributed by atoms with Crippen LogP contribution in [0.3, 0.4) is 0 Å². The Morgan fingerprint density at radius 1 is 1.38 bits per heavy atom. The van der Waals surface area contributed by atoms with Crippen molar-refractivity contribution in [1.29, 1.82) is 0 Å². The molecule has 82 valence electrons. The second-order valence-electron chi connectivity index (χ2n) is 3.11. The maximum Gasteiger partial charge on any atom is 0.182 e. The van der Waals surface area contributed by atoms with Crippen LogP contribution >= 0.6 is 15.9 Å². The van der Waals surface area contributed by atoms with Gasteiger partial charge < -0.3 is 5.73 Å². The molecule has 0 aromatic heterocycles. The molecule has 0 bridgehead atoms. The number of hydrogen-bond donors (Lipinski definition) is 2. The Balaban J connectivity index is 1.91. The first-order valence-corrected chi connectivity index (χ1v) is 5.34. The molecule has 16 heavy (non-hydrogen) atoms. The van der Waals surface area contributed by atoms with Crippen molar-refractivity contribution in [2.75, 3.05) is 5.43 Å². The first-order chi connectivity index (χ1) is 7.74. The third-order valence-electron chi connectivity index (χ3n) is 1.80. The summed E-state index contributed by atoms with van der Waals surface area (Å²) in [7, 11) is 0. The summed E-state index contributed by atoms with van der Waals surface area (Å²) in [6.07, 6.45) is 0.448. The third-order valence-corrected chi connectivity index (χ3v) is 2.30. The summed E-state index contributed by atoms with van der Waals surface area (Å²) in [5.41, 5.74) is 9.06. The number of nitrogens with one attached hydrogen (secondary N) is 1. The fraction of sp³-hybridized carbons (Fsp3) is 0.111. The molecule has 1 aliphatic heterocycles. The Labute approximate surface area is 100 Å². The second-order valence-corrected chi connectivity index (χ2v) is 4.02. The van der Waals surface area contributed by atoms with Gasteiger partial charge in [0.05, 0.1) is 12.1 Å². The zero-order valence-electron chi connectivity index (χ0n) is 8.26. The van der Waals surface area contributed by atoms with Crippen LogP contribution in [0.2, 0.25) is 0 Å². The summed E-state index contributed by atoms with van der Waals surface area (Å²) in [4.78, 5) is 0. The highest BCUT2D eigenvalue weighted by molar-refractivity contribution is 9.10. The second kappa shape index (κ2) is 4.84. The molecule has 0 amide bonds. The number of anilines is 1. The first-order valence-electron chi connectivity index (χ1n) is 4.55. The number of nitrogens with two attached hydrogens (primary N) is 1. The van der Waals surface area contributed by atoms with Crippen LogP contribution in [0.5, 0.6) is 0 Å². The standard InChI is InChI=1S/C9H9BrN6/c10-6-2-1-3-7(4-6)12-16-15-9-5-8(11)13-14-9/h1-4H,5H2,(H2,11,13)(H,12,14,15). The van der Waals surface area contributed by atoms with E-state index in [1.54, 1.807) is 0 Å². The Kier molecular flexibility index (Phi) is 3.25. The molecule has 0 aliphatic carbocycles. The number of amidine groups is 2. The Bertz CT molecular complexity index is 479. The van der Waals surface area contributed by atoms with Gasteiger partial charge in [-0.2, -0.15) is 0 Å². The van der Waals surface area contributed by atoms with E-state index >= 15 is 0 Å². The molecular weight excluding hydrogens is 272 g/mol. The molecule has 0 fully saturated rings. The fourth-order valence-corrected chi connectivity index (χ4v) is 1.51. The zero-order chi connectivity index (χ0) is 11.4. The lowest BCUT2D eigenvalue weighted by Gasteiger charge is -1.98. The van der Waals surface area contributed by atoms with Crippen molar-refractivity contribution in [2.45, 2.75) is 6.42 Å². The van der Waals surface area contributed by atoms with Crippen molar-refractivity contribution in [3.05, 3.63) is 28.7 Å². The Hall–Kier alpha value is -1.76. The van der Waals surface area contributed by atoms with Crippen LogP contribution in [0, 0.1) is 0 Å². The molecule has 1 aliphatic rings. The van der Waals surface area contributed by atoms with E-state index in [0.717, 1.165) is 10.2 Å². The summed E-state index contributed by atoms with van der Waals surface area (Å²) < 4.78 is 0.971. The predicted molar refractivity (Wildman–Crippen MR) is 66.3 cm³/mol. The van der Waals surface area contributed by atoms with Crippen LogP contribution in [0.4, 0.5) is 5.69 Å². The maximum atomic E-state index is 5.43. The van der Waals surface area contributed by atoms with E-state index in [1.807, 2.05) is 24.3 Å². The molecule has 3 N–H and O–H groups in total. The summed E-state index contributed by atoms with van der Waals surface area (Å²) in [5, 5.41) is 15.0. The van der Waals surface area contributed by atoms with E-state index in [0.29, 0.717) is 18.1 Å². The minimum Gasteiger partial charge on any atom is -0.385 e. The Morgan fingerprint density at radius 2 is 2.25 bits per heavy atom. The van der Waals surface area contributed by atoms with Gasteiger partial charge in [-0.25, -0.2) is 0 Å². The largest absolute Gasteiger partial charge is 0.385 e. The molecule has 1 aromatic rings. The van der Waals surface area contributed by atoms with Crippen molar-refractivity contribution < 1.29 is 0 Å². The average molecular weight is 281 g/mol. The lowest BCUT2D eigenvalue weighted by molar-refractivity contribution is 1.13. The van der Waals surface area contributed by atoms with Crippen molar-refractivity contribution in [3.8, 4) is 0 Å². The van der Waals surface area contributed by atoms with Gasteiger partial charge in [0, 0.05) is 4.47 Å². The highest BCUT2D eigenvalue weighted by Crippen LogP contribution is 2.15. The third kappa shape index (κ3) is 2.86. The molecule has 6 nitrogen and oxygen atoms in total. The highest BCUT2D eigenvalue weighted by Gasteiger charge is 2.07.